The van der Waals surface area contributed by atoms with Crippen molar-refractivity contribution in [2.24, 2.45) is 0 Å². The van der Waals surface area contributed by atoms with Crippen molar-refractivity contribution in [1.82, 2.24) is 19.7 Å². The fraction of sp³-hybridized carbons (Fsp3) is 0.200. The predicted octanol–water partition coefficient (Wildman–Crippen LogP) is 4.88. The highest BCUT2D eigenvalue weighted by Crippen LogP contribution is 2.26. The third-order valence-electron chi connectivity index (χ3n) is 4.34. The highest BCUT2D eigenvalue weighted by Gasteiger charge is 2.19. The van der Waals surface area contributed by atoms with Gasteiger partial charge in [0.1, 0.15) is 0 Å². The van der Waals surface area contributed by atoms with Crippen LogP contribution in [0.4, 0.5) is 0 Å². The van der Waals surface area contributed by atoms with Crippen molar-refractivity contribution >= 4 is 28.9 Å². The van der Waals surface area contributed by atoms with Gasteiger partial charge in [0, 0.05) is 34.1 Å². The largest absolute Gasteiger partial charge is 0.411 e. The van der Waals surface area contributed by atoms with E-state index < -0.39 is 0 Å². The molecule has 0 unspecified atom stereocenters. The minimum atomic E-state index is 0.0243. The van der Waals surface area contributed by atoms with Crippen molar-refractivity contribution in [2.75, 3.05) is 5.75 Å². The molecular formula is C20H18N4O2S2. The van der Waals surface area contributed by atoms with Gasteiger partial charge in [-0.3, -0.25) is 9.36 Å². The smallest absolute Gasteiger partial charge is 0.277 e. The lowest BCUT2D eigenvalue weighted by Crippen LogP contribution is -2.05. The van der Waals surface area contributed by atoms with Crippen molar-refractivity contribution in [2.45, 2.75) is 26.0 Å². The second-order valence-electron chi connectivity index (χ2n) is 6.39. The van der Waals surface area contributed by atoms with Gasteiger partial charge in [-0.15, -0.1) is 21.5 Å². The molecule has 0 bridgehead atoms. The van der Waals surface area contributed by atoms with Crippen LogP contribution in [0, 0.1) is 20.8 Å². The molecule has 4 aromatic rings. The van der Waals surface area contributed by atoms with Crippen molar-refractivity contribution in [1.29, 1.82) is 0 Å². The number of ketones is 1. The van der Waals surface area contributed by atoms with Crippen LogP contribution in [0.2, 0.25) is 0 Å². The van der Waals surface area contributed by atoms with Gasteiger partial charge >= 0.3 is 0 Å². The average Bonchev–Trinajstić information content (AvgIpc) is 3.40. The van der Waals surface area contributed by atoms with Crippen LogP contribution in [0.5, 0.6) is 0 Å². The van der Waals surface area contributed by atoms with Crippen molar-refractivity contribution in [3.8, 4) is 16.6 Å². The number of nitrogens with zero attached hydrogens (tertiary/aromatic N) is 4. The highest BCUT2D eigenvalue weighted by atomic mass is 32.2. The molecule has 0 amide bonds. The lowest BCUT2D eigenvalue weighted by Gasteiger charge is -2.05. The number of aromatic nitrogens is 4. The number of thiazole rings is 1. The number of rotatable bonds is 6. The average molecular weight is 411 g/mol. The van der Waals surface area contributed by atoms with Gasteiger partial charge < -0.3 is 4.42 Å². The monoisotopic (exact) mass is 410 g/mol. The van der Waals surface area contributed by atoms with E-state index in [1.807, 2.05) is 61.1 Å². The summed E-state index contributed by atoms with van der Waals surface area (Å²) in [4.78, 5) is 17.1. The molecule has 0 fully saturated rings. The van der Waals surface area contributed by atoms with E-state index >= 15 is 0 Å². The van der Waals surface area contributed by atoms with Gasteiger partial charge in [0.2, 0.25) is 5.89 Å². The van der Waals surface area contributed by atoms with Gasteiger partial charge in [-0.2, -0.15) is 0 Å². The van der Waals surface area contributed by atoms with E-state index in [2.05, 4.69) is 15.2 Å². The zero-order valence-electron chi connectivity index (χ0n) is 15.7. The Labute approximate surface area is 170 Å². The Morgan fingerprint density at radius 3 is 2.82 bits per heavy atom. The minimum absolute atomic E-state index is 0.0243. The molecule has 0 aliphatic rings. The molecule has 0 saturated heterocycles. The van der Waals surface area contributed by atoms with E-state index in [-0.39, 0.29) is 11.5 Å². The quantitative estimate of drug-likeness (QED) is 0.333. The molecule has 28 heavy (non-hydrogen) atoms. The molecular weight excluding hydrogens is 392 g/mol. The number of carbonyl (C=O) groups excluding carboxylic acids is 1. The normalized spacial score (nSPS) is 11.1. The third-order valence-corrected chi connectivity index (χ3v) is 5.92. The Balaban J connectivity index is 1.48. The van der Waals surface area contributed by atoms with Crippen molar-refractivity contribution in [3.05, 3.63) is 64.4 Å². The zero-order chi connectivity index (χ0) is 19.7. The van der Waals surface area contributed by atoms with Crippen LogP contribution in [-0.4, -0.2) is 31.3 Å². The summed E-state index contributed by atoms with van der Waals surface area (Å²) in [7, 11) is 0. The summed E-state index contributed by atoms with van der Waals surface area (Å²) in [5.41, 5.74) is 4.57. The standard InChI is InChI=1S/C20H18N4O2S2/c1-12-5-4-6-15(9-12)18-22-23-20(26-18)28-11-17(25)16-10-13(2)24(14(16)3)19-21-7-8-27-19/h4-10H,11H2,1-3H3. The first-order valence-electron chi connectivity index (χ1n) is 8.68. The third kappa shape index (κ3) is 3.65. The maximum Gasteiger partial charge on any atom is 0.277 e. The number of Topliss-reactive ketones (excluding diaryl/α,β-unsaturated/α-hetero) is 1. The fourth-order valence-electron chi connectivity index (χ4n) is 3.03. The van der Waals surface area contributed by atoms with E-state index in [0.29, 0.717) is 16.7 Å². The SMILES string of the molecule is Cc1cccc(-c2nnc(SCC(=O)c3cc(C)n(-c4nccs4)c3C)o2)c1. The Morgan fingerprint density at radius 1 is 1.21 bits per heavy atom. The molecule has 0 aliphatic carbocycles. The summed E-state index contributed by atoms with van der Waals surface area (Å²) in [5, 5.41) is 11.3. The van der Waals surface area contributed by atoms with Crippen LogP contribution in [0.25, 0.3) is 16.6 Å². The Hall–Kier alpha value is -2.71. The van der Waals surface area contributed by atoms with E-state index in [9.17, 15) is 4.79 Å². The maximum atomic E-state index is 12.8. The van der Waals surface area contributed by atoms with E-state index in [0.717, 1.165) is 27.6 Å². The number of hydrogen-bond donors (Lipinski definition) is 0. The van der Waals surface area contributed by atoms with Crippen LogP contribution in [-0.2, 0) is 0 Å². The summed E-state index contributed by atoms with van der Waals surface area (Å²) in [6, 6.07) is 9.78. The first-order valence-corrected chi connectivity index (χ1v) is 10.5. The minimum Gasteiger partial charge on any atom is -0.411 e. The lowest BCUT2D eigenvalue weighted by atomic mass is 10.1. The number of hydrogen-bond acceptors (Lipinski definition) is 7. The van der Waals surface area contributed by atoms with Gasteiger partial charge in [0.15, 0.2) is 10.9 Å². The Morgan fingerprint density at radius 2 is 2.07 bits per heavy atom. The maximum absolute atomic E-state index is 12.8. The summed E-state index contributed by atoms with van der Waals surface area (Å²) in [5.74, 6) is 0.717. The number of benzene rings is 1. The summed E-state index contributed by atoms with van der Waals surface area (Å²) in [6.07, 6.45) is 1.76. The first-order chi connectivity index (χ1) is 13.5. The van der Waals surface area contributed by atoms with Gasteiger partial charge in [0.05, 0.1) is 5.75 Å². The molecule has 1 aromatic carbocycles. The summed E-state index contributed by atoms with van der Waals surface area (Å²) >= 11 is 2.80. The molecule has 4 rings (SSSR count). The highest BCUT2D eigenvalue weighted by molar-refractivity contribution is 7.99. The van der Waals surface area contributed by atoms with Gasteiger partial charge in [-0.25, -0.2) is 4.98 Å². The zero-order valence-corrected chi connectivity index (χ0v) is 17.3. The molecule has 3 aromatic heterocycles. The molecule has 0 atom stereocenters. The summed E-state index contributed by atoms with van der Waals surface area (Å²) < 4.78 is 7.71. The number of carbonyl (C=O) groups is 1. The molecule has 8 heteroatoms. The van der Waals surface area contributed by atoms with Crippen molar-refractivity contribution in [3.63, 3.8) is 0 Å². The second-order valence-corrected chi connectivity index (χ2v) is 8.19. The topological polar surface area (TPSA) is 73.8 Å². The van der Waals surface area contributed by atoms with E-state index in [4.69, 9.17) is 4.42 Å². The first kappa shape index (κ1) is 18.6. The molecule has 0 saturated carbocycles. The Bertz CT molecular complexity index is 1130. The van der Waals surface area contributed by atoms with Gasteiger partial charge in [-0.1, -0.05) is 29.5 Å². The predicted molar refractivity (Wildman–Crippen MR) is 110 cm³/mol. The summed E-state index contributed by atoms with van der Waals surface area (Å²) in [6.45, 7) is 5.93. The second kappa shape index (κ2) is 7.73. The van der Waals surface area contributed by atoms with Crippen LogP contribution < -0.4 is 0 Å². The van der Waals surface area contributed by atoms with E-state index in [1.54, 1.807) is 17.5 Å². The van der Waals surface area contributed by atoms with E-state index in [1.165, 1.54) is 11.8 Å². The molecule has 0 radical (unpaired) electrons. The van der Waals surface area contributed by atoms with Crippen LogP contribution in [0.3, 0.4) is 0 Å². The number of aryl methyl sites for hydroxylation is 2. The molecule has 3 heterocycles. The Kier molecular flexibility index (Phi) is 5.15. The van der Waals surface area contributed by atoms with Gasteiger partial charge in [0.25, 0.3) is 5.22 Å². The van der Waals surface area contributed by atoms with Crippen molar-refractivity contribution < 1.29 is 9.21 Å². The van der Waals surface area contributed by atoms with Crippen LogP contribution in [0.15, 0.2) is 51.5 Å². The molecule has 0 aliphatic heterocycles. The lowest BCUT2D eigenvalue weighted by molar-refractivity contribution is 0.102. The van der Waals surface area contributed by atoms with Crippen LogP contribution in [0.1, 0.15) is 27.3 Å². The number of thioether (sulfide) groups is 1. The molecule has 6 nitrogen and oxygen atoms in total. The fourth-order valence-corrected chi connectivity index (χ4v) is 4.43. The van der Waals surface area contributed by atoms with Gasteiger partial charge in [-0.05, 0) is 39.0 Å². The van der Waals surface area contributed by atoms with Crippen LogP contribution >= 0.6 is 23.1 Å². The molecule has 142 valence electrons. The molecule has 0 N–H and O–H groups in total. The molecule has 0 spiro atoms.